The first-order valence-electron chi connectivity index (χ1n) is 12.8. The Morgan fingerprint density at radius 3 is 2.56 bits per heavy atom. The van der Waals surface area contributed by atoms with Crippen molar-refractivity contribution in [3.8, 4) is 17.2 Å². The number of aromatic carboxylic acids is 1. The summed E-state index contributed by atoms with van der Waals surface area (Å²) in [6.45, 7) is 0.461. The van der Waals surface area contributed by atoms with Crippen LogP contribution in [-0.2, 0) is 20.8 Å². The second-order valence-electron chi connectivity index (χ2n) is 9.61. The molecular weight excluding hydrogens is 596 g/mol. The highest BCUT2D eigenvalue weighted by molar-refractivity contribution is 6.47. The molecule has 228 valence electrons. The molecule has 2 aliphatic rings. The standard InChI is InChI=1S/C25H26BClFN5O10/c1-29-6-7-32-8-9-33(23(38)22(32)37)25(41)31-18(12-3-5-14(34)19(35)17(12)27)21(36)30-15-10-11-2-4-13(28)16(24(39)40)20(11)43-26(15)42/h2-5,15,18,29,34-35,42H,6-10H2,1H3,(H,30,36)(H,31,41)(H,39,40). The highest BCUT2D eigenvalue weighted by Crippen LogP contribution is 2.38. The van der Waals surface area contributed by atoms with E-state index in [0.29, 0.717) is 11.4 Å². The average molecular weight is 622 g/mol. The van der Waals surface area contributed by atoms with Crippen molar-refractivity contribution in [3.63, 3.8) is 0 Å². The highest BCUT2D eigenvalue weighted by atomic mass is 35.5. The van der Waals surface area contributed by atoms with E-state index >= 15 is 0 Å². The Balaban J connectivity index is 1.59. The molecule has 0 aromatic heterocycles. The molecule has 5 amide bonds. The number of amides is 5. The van der Waals surface area contributed by atoms with Crippen LogP contribution in [0, 0.1) is 5.82 Å². The normalized spacial score (nSPS) is 17.2. The van der Waals surface area contributed by atoms with Crippen molar-refractivity contribution < 1.29 is 53.4 Å². The number of piperazine rings is 1. The molecule has 43 heavy (non-hydrogen) atoms. The van der Waals surface area contributed by atoms with Gasteiger partial charge in [-0.15, -0.1) is 0 Å². The van der Waals surface area contributed by atoms with E-state index in [1.54, 1.807) is 7.05 Å². The fraction of sp³-hybridized carbons (Fsp3) is 0.320. The third-order valence-corrected chi connectivity index (χ3v) is 7.30. The Labute approximate surface area is 248 Å². The van der Waals surface area contributed by atoms with Crippen LogP contribution in [0.5, 0.6) is 17.2 Å². The van der Waals surface area contributed by atoms with Gasteiger partial charge in [-0.25, -0.2) is 14.0 Å². The maximum atomic E-state index is 14.1. The summed E-state index contributed by atoms with van der Waals surface area (Å²) in [7, 11) is -0.196. The molecule has 4 rings (SSSR count). The van der Waals surface area contributed by atoms with Crippen molar-refractivity contribution in [1.82, 2.24) is 25.8 Å². The zero-order valence-electron chi connectivity index (χ0n) is 22.5. The lowest BCUT2D eigenvalue weighted by atomic mass is 9.72. The van der Waals surface area contributed by atoms with Gasteiger partial charge in [-0.3, -0.25) is 19.3 Å². The molecule has 2 atom stereocenters. The summed E-state index contributed by atoms with van der Waals surface area (Å²) < 4.78 is 19.3. The van der Waals surface area contributed by atoms with Gasteiger partial charge in [0.1, 0.15) is 23.2 Å². The van der Waals surface area contributed by atoms with Crippen LogP contribution < -0.4 is 20.6 Å². The lowest BCUT2D eigenvalue weighted by Crippen LogP contribution is -2.60. The average Bonchev–Trinajstić information content (AvgIpc) is 2.96. The quantitative estimate of drug-likeness (QED) is 0.112. The van der Waals surface area contributed by atoms with Crippen molar-refractivity contribution in [2.45, 2.75) is 18.4 Å². The lowest BCUT2D eigenvalue weighted by Gasteiger charge is -2.34. The molecule has 2 aliphatic heterocycles. The van der Waals surface area contributed by atoms with Crippen LogP contribution in [0.4, 0.5) is 9.18 Å². The molecular formula is C25H26BClFN5O10. The first-order chi connectivity index (χ1) is 20.3. The number of imide groups is 1. The molecule has 1 saturated heterocycles. The second-order valence-corrected chi connectivity index (χ2v) is 9.99. The number of nitrogens with zero attached hydrogens (tertiary/aromatic N) is 2. The van der Waals surface area contributed by atoms with Gasteiger partial charge in [0.05, 0.1) is 11.0 Å². The van der Waals surface area contributed by atoms with Gasteiger partial charge in [0.2, 0.25) is 5.91 Å². The largest absolute Gasteiger partial charge is 0.547 e. The minimum atomic E-state index is -1.86. The number of hydrogen-bond acceptors (Lipinski definition) is 10. The molecule has 0 radical (unpaired) electrons. The summed E-state index contributed by atoms with van der Waals surface area (Å²) in [5.74, 6) is -8.96. The SMILES string of the molecule is CNCCN1CCN(C(=O)NC(C(=O)NC2Cc3ccc(F)c(C(=O)O)c3OB2O)c2ccc(O)c(O)c2Cl)C(=O)C1=O. The predicted octanol–water partition coefficient (Wildman–Crippen LogP) is -0.631. The molecule has 2 aromatic carbocycles. The van der Waals surface area contributed by atoms with Crippen LogP contribution in [0.25, 0.3) is 0 Å². The van der Waals surface area contributed by atoms with Gasteiger partial charge in [-0.1, -0.05) is 23.7 Å². The van der Waals surface area contributed by atoms with Gasteiger partial charge < -0.3 is 45.8 Å². The van der Waals surface area contributed by atoms with E-state index in [4.69, 9.17) is 16.3 Å². The lowest BCUT2D eigenvalue weighted by molar-refractivity contribution is -0.153. The number of nitrogens with one attached hydrogen (secondary N) is 3. The van der Waals surface area contributed by atoms with Gasteiger partial charge in [0.15, 0.2) is 11.5 Å². The van der Waals surface area contributed by atoms with Gasteiger partial charge >= 0.3 is 30.9 Å². The molecule has 15 nitrogen and oxygen atoms in total. The summed E-state index contributed by atoms with van der Waals surface area (Å²) >= 11 is 6.17. The number of rotatable bonds is 8. The zero-order chi connectivity index (χ0) is 31.6. The number of carbonyl (C=O) groups excluding carboxylic acids is 4. The maximum absolute atomic E-state index is 14.1. The minimum Gasteiger partial charge on any atom is -0.534 e. The van der Waals surface area contributed by atoms with Gasteiger partial charge in [0, 0.05) is 31.7 Å². The third-order valence-electron chi connectivity index (χ3n) is 6.90. The minimum absolute atomic E-state index is 0.0290. The topological polar surface area (TPSA) is 218 Å². The number of halogens is 2. The number of benzene rings is 2. The zero-order valence-corrected chi connectivity index (χ0v) is 23.2. The number of urea groups is 1. The Morgan fingerprint density at radius 2 is 1.88 bits per heavy atom. The smallest absolute Gasteiger partial charge is 0.534 e. The Morgan fingerprint density at radius 1 is 1.16 bits per heavy atom. The summed E-state index contributed by atoms with van der Waals surface area (Å²) in [6.07, 6.45) is -0.223. The molecule has 1 fully saturated rings. The van der Waals surface area contributed by atoms with E-state index < -0.39 is 82.5 Å². The highest BCUT2D eigenvalue weighted by Gasteiger charge is 2.42. The number of fused-ring (bicyclic) bond motifs is 1. The summed E-state index contributed by atoms with van der Waals surface area (Å²) in [5, 5.41) is 46.9. The molecule has 2 heterocycles. The van der Waals surface area contributed by atoms with Crippen molar-refractivity contribution in [3.05, 3.63) is 51.8 Å². The fourth-order valence-corrected chi connectivity index (χ4v) is 4.90. The van der Waals surface area contributed by atoms with E-state index in [1.807, 2.05) is 0 Å². The van der Waals surface area contributed by atoms with Crippen LogP contribution >= 0.6 is 11.6 Å². The second kappa shape index (κ2) is 12.7. The van der Waals surface area contributed by atoms with Gasteiger partial charge in [-0.05, 0) is 31.2 Å². The molecule has 0 saturated carbocycles. The van der Waals surface area contributed by atoms with Gasteiger partial charge in [-0.2, -0.15) is 0 Å². The number of phenols is 2. The van der Waals surface area contributed by atoms with Crippen molar-refractivity contribution in [2.24, 2.45) is 0 Å². The third kappa shape index (κ3) is 6.28. The first kappa shape index (κ1) is 31.3. The molecule has 2 unspecified atom stereocenters. The molecule has 7 N–H and O–H groups in total. The fourth-order valence-electron chi connectivity index (χ4n) is 4.63. The Kier molecular flexibility index (Phi) is 9.27. The summed E-state index contributed by atoms with van der Waals surface area (Å²) in [4.78, 5) is 65.3. The van der Waals surface area contributed by atoms with Crippen molar-refractivity contribution in [1.29, 1.82) is 0 Å². The van der Waals surface area contributed by atoms with Crippen LogP contribution in [0.3, 0.4) is 0 Å². The van der Waals surface area contributed by atoms with E-state index in [2.05, 4.69) is 16.0 Å². The van der Waals surface area contributed by atoms with E-state index in [1.165, 1.54) is 11.0 Å². The van der Waals surface area contributed by atoms with E-state index in [0.717, 1.165) is 18.2 Å². The van der Waals surface area contributed by atoms with Crippen LogP contribution in [-0.4, -0.2) is 106 Å². The number of carbonyl (C=O) groups is 5. The number of likely N-dealkylation sites (N-methyl/N-ethyl adjacent to an activating group) is 1. The Hall–Kier alpha value is -4.61. The molecule has 2 aromatic rings. The summed E-state index contributed by atoms with van der Waals surface area (Å²) in [5.41, 5.74) is -0.880. The molecule has 0 aliphatic carbocycles. The molecule has 0 spiro atoms. The number of phenolic OH excluding ortho intramolecular Hbond substituents is 2. The first-order valence-corrected chi connectivity index (χ1v) is 13.2. The Bertz CT molecular complexity index is 1500. The number of hydrogen-bond donors (Lipinski definition) is 7. The number of carboxylic acids is 1. The maximum Gasteiger partial charge on any atom is 0.547 e. The van der Waals surface area contributed by atoms with Crippen LogP contribution in [0.15, 0.2) is 24.3 Å². The van der Waals surface area contributed by atoms with Crippen LogP contribution in [0.2, 0.25) is 5.02 Å². The molecule has 0 bridgehead atoms. The molecule has 18 heteroatoms. The van der Waals surface area contributed by atoms with E-state index in [9.17, 15) is 48.7 Å². The number of carboxylic acid groups (broad SMARTS) is 1. The monoisotopic (exact) mass is 621 g/mol. The van der Waals surface area contributed by atoms with Gasteiger partial charge in [0.25, 0.3) is 0 Å². The number of aromatic hydroxyl groups is 2. The van der Waals surface area contributed by atoms with E-state index in [-0.39, 0.29) is 37.2 Å². The summed E-state index contributed by atoms with van der Waals surface area (Å²) in [6, 6.07) is 1.32. The van der Waals surface area contributed by atoms with Crippen molar-refractivity contribution in [2.75, 3.05) is 33.2 Å². The van der Waals surface area contributed by atoms with Crippen molar-refractivity contribution >= 4 is 48.4 Å². The van der Waals surface area contributed by atoms with Crippen LogP contribution in [0.1, 0.15) is 27.5 Å². The predicted molar refractivity (Wildman–Crippen MR) is 146 cm³/mol.